The van der Waals surface area contributed by atoms with Crippen LogP contribution >= 0.6 is 0 Å². The molecule has 0 fully saturated rings. The molecule has 6 N–H and O–H groups in total. The van der Waals surface area contributed by atoms with E-state index in [4.69, 9.17) is 10.5 Å². The topological polar surface area (TPSA) is 143 Å². The second kappa shape index (κ2) is 12.3. The van der Waals surface area contributed by atoms with E-state index >= 15 is 0 Å². The van der Waals surface area contributed by atoms with E-state index in [1.165, 1.54) is 0 Å². The Hall–Kier alpha value is -2.65. The summed E-state index contributed by atoms with van der Waals surface area (Å²) in [4.78, 5) is 37.9. The number of hydrogen-bond acceptors (Lipinski definition) is 6. The number of nitrogens with two attached hydrogens (primary N) is 1. The first kappa shape index (κ1) is 26.4. The first-order valence-electron chi connectivity index (χ1n) is 10.4. The molecular weight excluding hydrogens is 400 g/mol. The molecule has 1 unspecified atom stereocenters. The summed E-state index contributed by atoms with van der Waals surface area (Å²) in [7, 11) is 0. The number of hydrogen-bond donors (Lipinski definition) is 5. The van der Waals surface area contributed by atoms with Gasteiger partial charge in [-0.05, 0) is 38.7 Å². The molecule has 0 aromatic heterocycles. The van der Waals surface area contributed by atoms with E-state index in [-0.39, 0.29) is 18.9 Å². The van der Waals surface area contributed by atoms with Gasteiger partial charge in [-0.3, -0.25) is 9.59 Å². The Kier molecular flexibility index (Phi) is 10.4. The summed E-state index contributed by atoms with van der Waals surface area (Å²) in [5.74, 6) is -0.981. The molecule has 0 saturated heterocycles. The monoisotopic (exact) mass is 436 g/mol. The Morgan fingerprint density at radius 1 is 1.00 bits per heavy atom. The van der Waals surface area contributed by atoms with Gasteiger partial charge < -0.3 is 31.5 Å². The molecule has 3 amide bonds. The van der Waals surface area contributed by atoms with Crippen molar-refractivity contribution in [3.8, 4) is 0 Å². The lowest BCUT2D eigenvalue weighted by Gasteiger charge is -2.26. The summed E-state index contributed by atoms with van der Waals surface area (Å²) >= 11 is 0. The molecule has 0 bridgehead atoms. The molecule has 1 rings (SSSR count). The summed E-state index contributed by atoms with van der Waals surface area (Å²) in [6, 6.07) is 7.35. The lowest BCUT2D eigenvalue weighted by molar-refractivity contribution is -0.132. The molecular formula is C22H36N4O5. The van der Waals surface area contributed by atoms with Crippen LogP contribution in [0.1, 0.15) is 46.6 Å². The Balaban J connectivity index is 3.00. The second-order valence-electron chi connectivity index (χ2n) is 8.84. The lowest BCUT2D eigenvalue weighted by atomic mass is 10.0. The van der Waals surface area contributed by atoms with Gasteiger partial charge in [-0.25, -0.2) is 4.79 Å². The summed E-state index contributed by atoms with van der Waals surface area (Å²) in [5.41, 5.74) is 5.46. The van der Waals surface area contributed by atoms with E-state index in [2.05, 4.69) is 16.0 Å². The maximum atomic E-state index is 13.1. The van der Waals surface area contributed by atoms with Crippen LogP contribution in [0.15, 0.2) is 30.3 Å². The number of ether oxygens (including phenoxy) is 1. The van der Waals surface area contributed by atoms with Gasteiger partial charge >= 0.3 is 6.09 Å². The van der Waals surface area contributed by atoms with E-state index in [1.54, 1.807) is 20.8 Å². The Morgan fingerprint density at radius 3 is 2.10 bits per heavy atom. The van der Waals surface area contributed by atoms with Crippen LogP contribution < -0.4 is 21.7 Å². The number of nitrogens with one attached hydrogen (secondary N) is 3. The molecule has 0 spiro atoms. The van der Waals surface area contributed by atoms with E-state index in [0.717, 1.165) is 5.56 Å². The average molecular weight is 437 g/mol. The summed E-state index contributed by atoms with van der Waals surface area (Å²) in [6.07, 6.45) is -1.38. The van der Waals surface area contributed by atoms with E-state index < -0.39 is 41.8 Å². The van der Waals surface area contributed by atoms with Crippen molar-refractivity contribution >= 4 is 17.9 Å². The van der Waals surface area contributed by atoms with Gasteiger partial charge in [0.05, 0.1) is 0 Å². The predicted molar refractivity (Wildman–Crippen MR) is 118 cm³/mol. The Morgan fingerprint density at radius 2 is 1.58 bits per heavy atom. The quantitative estimate of drug-likeness (QED) is 0.347. The van der Waals surface area contributed by atoms with Crippen molar-refractivity contribution in [3.63, 3.8) is 0 Å². The number of rotatable bonds is 10. The Labute approximate surface area is 184 Å². The smallest absolute Gasteiger partial charge is 0.408 e. The molecule has 0 saturated carbocycles. The van der Waals surface area contributed by atoms with Crippen molar-refractivity contribution < 1.29 is 24.2 Å². The predicted octanol–water partition coefficient (Wildman–Crippen LogP) is 1.05. The fourth-order valence-corrected chi connectivity index (χ4v) is 2.81. The van der Waals surface area contributed by atoms with E-state index in [1.807, 2.05) is 44.2 Å². The Bertz CT molecular complexity index is 718. The molecule has 31 heavy (non-hydrogen) atoms. The van der Waals surface area contributed by atoms with Crippen molar-refractivity contribution in [2.75, 3.05) is 6.54 Å². The highest BCUT2D eigenvalue weighted by Gasteiger charge is 2.29. The molecule has 0 radical (unpaired) electrons. The average Bonchev–Trinajstić information content (AvgIpc) is 2.65. The number of benzene rings is 1. The molecule has 1 aromatic rings. The first-order chi connectivity index (χ1) is 14.4. The van der Waals surface area contributed by atoms with Crippen LogP contribution in [-0.4, -0.2) is 53.5 Å². The third-order valence-corrected chi connectivity index (χ3v) is 4.16. The largest absolute Gasteiger partial charge is 0.444 e. The van der Waals surface area contributed by atoms with Crippen LogP contribution in [0.25, 0.3) is 0 Å². The van der Waals surface area contributed by atoms with Crippen LogP contribution in [0.2, 0.25) is 0 Å². The SMILES string of the molecule is CC(C)C[C@H](NC(=O)[C@H](Cc1ccccc1)NC(=O)OC(C)(C)C)C(=O)NC(O)CN. The van der Waals surface area contributed by atoms with Crippen LogP contribution in [0.3, 0.4) is 0 Å². The van der Waals surface area contributed by atoms with Gasteiger partial charge in [0.1, 0.15) is 23.9 Å². The van der Waals surface area contributed by atoms with E-state index in [0.29, 0.717) is 6.42 Å². The molecule has 0 aliphatic heterocycles. The minimum Gasteiger partial charge on any atom is -0.444 e. The molecule has 1 aromatic carbocycles. The summed E-state index contributed by atoms with van der Waals surface area (Å²) in [5, 5.41) is 17.3. The highest BCUT2D eigenvalue weighted by Crippen LogP contribution is 2.10. The highest BCUT2D eigenvalue weighted by molar-refractivity contribution is 5.91. The van der Waals surface area contributed by atoms with Crippen LogP contribution in [0.5, 0.6) is 0 Å². The molecule has 174 valence electrons. The molecule has 9 nitrogen and oxygen atoms in total. The number of carbonyl (C=O) groups is 3. The molecule has 9 heteroatoms. The van der Waals surface area contributed by atoms with Gasteiger partial charge in [0, 0.05) is 13.0 Å². The lowest BCUT2D eigenvalue weighted by Crippen LogP contribution is -2.56. The fraction of sp³-hybridized carbons (Fsp3) is 0.591. The van der Waals surface area contributed by atoms with Crippen LogP contribution in [0.4, 0.5) is 4.79 Å². The summed E-state index contributed by atoms with van der Waals surface area (Å²) in [6.45, 7) is 8.85. The van der Waals surface area contributed by atoms with Gasteiger partial charge in [0.25, 0.3) is 0 Å². The maximum Gasteiger partial charge on any atom is 0.408 e. The van der Waals surface area contributed by atoms with Crippen LogP contribution in [0, 0.1) is 5.92 Å². The fourth-order valence-electron chi connectivity index (χ4n) is 2.81. The maximum absolute atomic E-state index is 13.1. The third-order valence-electron chi connectivity index (χ3n) is 4.16. The van der Waals surface area contributed by atoms with E-state index in [9.17, 15) is 19.5 Å². The van der Waals surface area contributed by atoms with Crippen molar-refractivity contribution in [2.45, 2.75) is 71.4 Å². The number of aliphatic hydroxyl groups excluding tert-OH is 1. The summed E-state index contributed by atoms with van der Waals surface area (Å²) < 4.78 is 5.28. The highest BCUT2D eigenvalue weighted by atomic mass is 16.6. The molecule has 3 atom stereocenters. The standard InChI is InChI=1S/C22H36N4O5/c1-14(2)11-16(20(29)26-18(27)13-23)24-19(28)17(12-15-9-7-6-8-10-15)25-21(30)31-22(3,4)5/h6-10,14,16-18,27H,11-13,23H2,1-5H3,(H,24,28)(H,25,30)(H,26,29)/t16-,17-,18?/m0/s1. The first-order valence-corrected chi connectivity index (χ1v) is 10.4. The molecule has 0 heterocycles. The van der Waals surface area contributed by atoms with Crippen molar-refractivity contribution in [1.29, 1.82) is 0 Å². The van der Waals surface area contributed by atoms with Gasteiger partial charge in [-0.1, -0.05) is 44.2 Å². The minimum absolute atomic E-state index is 0.0949. The number of alkyl carbamates (subject to hydrolysis) is 1. The molecule has 0 aliphatic carbocycles. The van der Waals surface area contributed by atoms with Crippen molar-refractivity contribution in [3.05, 3.63) is 35.9 Å². The normalized spacial score (nSPS) is 14.3. The van der Waals surface area contributed by atoms with Gasteiger partial charge in [0.15, 0.2) is 0 Å². The van der Waals surface area contributed by atoms with Crippen molar-refractivity contribution in [2.24, 2.45) is 11.7 Å². The number of aliphatic hydroxyl groups is 1. The van der Waals surface area contributed by atoms with Crippen molar-refractivity contribution in [1.82, 2.24) is 16.0 Å². The van der Waals surface area contributed by atoms with Gasteiger partial charge in [-0.2, -0.15) is 0 Å². The third kappa shape index (κ3) is 10.8. The number of carbonyl (C=O) groups excluding carboxylic acids is 3. The number of amides is 3. The second-order valence-corrected chi connectivity index (χ2v) is 8.84. The zero-order chi connectivity index (χ0) is 23.6. The minimum atomic E-state index is -1.21. The zero-order valence-electron chi connectivity index (χ0n) is 19.0. The molecule has 0 aliphatic rings. The van der Waals surface area contributed by atoms with Gasteiger partial charge in [-0.15, -0.1) is 0 Å². The van der Waals surface area contributed by atoms with Crippen LogP contribution in [-0.2, 0) is 20.7 Å². The zero-order valence-corrected chi connectivity index (χ0v) is 19.0. The van der Waals surface area contributed by atoms with Gasteiger partial charge in [0.2, 0.25) is 11.8 Å².